The normalized spacial score (nSPS) is 24.1. The highest BCUT2D eigenvalue weighted by Crippen LogP contribution is 2.60. The van der Waals surface area contributed by atoms with Crippen molar-refractivity contribution in [1.82, 2.24) is 14.5 Å². The van der Waals surface area contributed by atoms with Crippen LogP contribution >= 0.6 is 23.5 Å². The first-order valence-electron chi connectivity index (χ1n) is 8.32. The lowest BCUT2D eigenvalue weighted by atomic mass is 10.2. The van der Waals surface area contributed by atoms with Crippen molar-refractivity contribution in [2.24, 2.45) is 11.1 Å². The Hall–Kier alpha value is -2.12. The first-order valence-corrected chi connectivity index (χ1v) is 12.7. The molecule has 0 radical (unpaired) electrons. The molecule has 24 heteroatoms. The minimum atomic E-state index is -6.12. The molecular weight excluding hydrogens is 535 g/mol. The predicted octanol–water partition coefficient (Wildman–Crippen LogP) is -3.68. The number of rotatable bonds is 8. The van der Waals surface area contributed by atoms with Crippen molar-refractivity contribution in [2.75, 3.05) is 12.3 Å². The standard InChI is InChI=1S/C10H15N4O14P3.H3N3/c11-10-13-8-7(9(16)26-10)12-3-14(8)6-1-4(15)5(25-6)2-24-30(20,21)28-31(22,23)27-29(17,18)19;1-3-2/h3-6,15H,1-2H2,(H2,11,13)(H,20,21)(H,22,23)(H2,17,18,19);(H3,1,2)/p-4/t4?,5-,6-;/m1./s1. The molecule has 3 rings (SSSR count). The molecule has 2 aromatic rings. The smallest absolute Gasteiger partial charge is 0.368 e. The number of imidazole rings is 1. The number of aromatic nitrogens is 3. The van der Waals surface area contributed by atoms with Crippen LogP contribution in [0.3, 0.4) is 0 Å². The van der Waals surface area contributed by atoms with Crippen molar-refractivity contribution in [2.45, 2.75) is 24.9 Å². The summed E-state index contributed by atoms with van der Waals surface area (Å²) in [6, 6.07) is -0.466. The molecule has 0 amide bonds. The van der Waals surface area contributed by atoms with Crippen LogP contribution in [0.25, 0.3) is 11.2 Å². The number of aliphatic hydroxyl groups is 1. The third-order valence-corrected chi connectivity index (χ3v) is 7.35. The van der Waals surface area contributed by atoms with Gasteiger partial charge in [-0.2, -0.15) is 10.5 Å². The van der Waals surface area contributed by atoms with Crippen molar-refractivity contribution in [3.05, 3.63) is 16.7 Å². The molecular formula is C10H14N7O14P3-4. The Morgan fingerprint density at radius 1 is 1.26 bits per heavy atom. The van der Waals surface area contributed by atoms with E-state index in [4.69, 9.17) is 16.0 Å². The summed E-state index contributed by atoms with van der Waals surface area (Å²) in [6.07, 6.45) is -2.76. The van der Waals surface area contributed by atoms with E-state index in [-0.39, 0.29) is 17.6 Å². The van der Waals surface area contributed by atoms with E-state index in [0.29, 0.717) is 0 Å². The van der Waals surface area contributed by atoms with Crippen LogP contribution in [0, 0.1) is 5.53 Å². The summed E-state index contributed by atoms with van der Waals surface area (Å²) >= 11 is 0. The molecule has 0 saturated carbocycles. The zero-order valence-corrected chi connectivity index (χ0v) is 18.9. The van der Waals surface area contributed by atoms with Gasteiger partial charge in [0, 0.05) is 6.42 Å². The Balaban J connectivity index is 0.00000129. The summed E-state index contributed by atoms with van der Waals surface area (Å²) in [6.45, 7) is -0.977. The maximum absolute atomic E-state index is 11.7. The SMILES string of the molecule is N=NN.Nc1nc2c(ncn2[C@H]2CC(O)[C@@H](COP(=O)([O-])OP(=O)([O-])OP(=O)([O-])[O-])O2)c(=O)o1. The van der Waals surface area contributed by atoms with Gasteiger partial charge in [0.2, 0.25) is 0 Å². The molecule has 0 aromatic carbocycles. The Kier molecular flexibility index (Phi) is 8.81. The number of anilines is 1. The Morgan fingerprint density at radius 3 is 2.47 bits per heavy atom. The molecule has 1 aliphatic rings. The molecule has 192 valence electrons. The van der Waals surface area contributed by atoms with Crippen molar-refractivity contribution in [3.63, 3.8) is 0 Å². The molecule has 6 N–H and O–H groups in total. The van der Waals surface area contributed by atoms with Crippen molar-refractivity contribution >= 4 is 40.6 Å². The monoisotopic (exact) mass is 549 g/mol. The van der Waals surface area contributed by atoms with Crippen molar-refractivity contribution < 1.29 is 60.7 Å². The minimum Gasteiger partial charge on any atom is -0.790 e. The van der Waals surface area contributed by atoms with Crippen molar-refractivity contribution in [3.8, 4) is 0 Å². The van der Waals surface area contributed by atoms with Gasteiger partial charge in [0.15, 0.2) is 11.2 Å². The van der Waals surface area contributed by atoms with Gasteiger partial charge in [-0.1, -0.05) is 5.22 Å². The van der Waals surface area contributed by atoms with Gasteiger partial charge in [0.05, 0.1) is 26.9 Å². The average molecular weight is 549 g/mol. The number of aliphatic hydroxyl groups excluding tert-OH is 1. The van der Waals surface area contributed by atoms with E-state index in [1.165, 1.54) is 4.57 Å². The Morgan fingerprint density at radius 2 is 1.88 bits per heavy atom. The number of ether oxygens (including phenoxy) is 1. The number of nitrogen functional groups attached to an aromatic ring is 1. The number of fused-ring (bicyclic) bond motifs is 1. The zero-order valence-electron chi connectivity index (χ0n) is 16.3. The third kappa shape index (κ3) is 7.70. The van der Waals surface area contributed by atoms with Gasteiger partial charge in [-0.15, -0.1) is 0 Å². The molecule has 21 nitrogen and oxygen atoms in total. The van der Waals surface area contributed by atoms with Crippen LogP contribution in [0.4, 0.5) is 6.01 Å². The summed E-state index contributed by atoms with van der Waals surface area (Å²) in [4.78, 5) is 62.6. The van der Waals surface area contributed by atoms with E-state index >= 15 is 0 Å². The van der Waals surface area contributed by atoms with Gasteiger partial charge < -0.3 is 54.5 Å². The number of phosphoric ester groups is 1. The lowest BCUT2D eigenvalue weighted by molar-refractivity contribution is -0.339. The largest absolute Gasteiger partial charge is 0.790 e. The maximum atomic E-state index is 11.7. The number of hydrogen-bond donors (Lipinski definition) is 4. The number of nitrogens with two attached hydrogens (primary N) is 2. The highest BCUT2D eigenvalue weighted by atomic mass is 31.3. The van der Waals surface area contributed by atoms with E-state index in [9.17, 15) is 43.2 Å². The number of nitrogens with one attached hydrogen (secondary N) is 1. The van der Waals surface area contributed by atoms with Crippen LogP contribution in [0.15, 0.2) is 20.8 Å². The van der Waals surface area contributed by atoms with E-state index < -0.39 is 60.2 Å². The first-order chi connectivity index (χ1) is 15.6. The highest BCUT2D eigenvalue weighted by molar-refractivity contribution is 7.64. The maximum Gasteiger partial charge on any atom is 0.368 e. The molecule has 34 heavy (non-hydrogen) atoms. The first kappa shape index (κ1) is 28.1. The lowest BCUT2D eigenvalue weighted by Crippen LogP contribution is -2.27. The molecule has 3 unspecified atom stereocenters. The topological polar surface area (TPSA) is 350 Å². The van der Waals surface area contributed by atoms with Crippen LogP contribution in [-0.2, 0) is 31.6 Å². The second kappa shape index (κ2) is 10.6. The highest BCUT2D eigenvalue weighted by Gasteiger charge is 2.37. The Labute approximate surface area is 187 Å². The van der Waals surface area contributed by atoms with Crippen LogP contribution in [-0.4, -0.2) is 38.5 Å². The second-order valence-corrected chi connectivity index (χ2v) is 10.3. The quantitative estimate of drug-likeness (QED) is 0.106. The molecule has 1 fully saturated rings. The molecule has 0 aliphatic carbocycles. The van der Waals surface area contributed by atoms with E-state index in [1.807, 2.05) is 0 Å². The number of nitrogens with zero attached hydrogens (tertiary/aromatic N) is 4. The number of hydrogen-bond acceptors (Lipinski definition) is 19. The van der Waals surface area contributed by atoms with Gasteiger partial charge in [-0.05, 0) is 0 Å². The van der Waals surface area contributed by atoms with Gasteiger partial charge >= 0.3 is 5.63 Å². The van der Waals surface area contributed by atoms with Crippen LogP contribution in [0.2, 0.25) is 0 Å². The predicted molar refractivity (Wildman–Crippen MR) is 95.3 cm³/mol. The minimum absolute atomic E-state index is 0.0468. The molecule has 0 bridgehead atoms. The fourth-order valence-corrected chi connectivity index (χ4v) is 5.44. The van der Waals surface area contributed by atoms with E-state index in [1.54, 1.807) is 0 Å². The summed E-state index contributed by atoms with van der Waals surface area (Å²) in [5.74, 6) is 4.14. The fourth-order valence-electron chi connectivity index (χ4n) is 2.57. The Bertz CT molecular complexity index is 1230. The van der Waals surface area contributed by atoms with Gasteiger partial charge in [-0.3, -0.25) is 18.0 Å². The molecule has 1 saturated heterocycles. The van der Waals surface area contributed by atoms with Crippen LogP contribution in [0.5, 0.6) is 0 Å². The van der Waals surface area contributed by atoms with Crippen LogP contribution in [0.1, 0.15) is 12.6 Å². The summed E-state index contributed by atoms with van der Waals surface area (Å²) < 4.78 is 54.9. The fraction of sp³-hybridized carbons (Fsp3) is 0.500. The molecule has 2 aromatic heterocycles. The van der Waals surface area contributed by atoms with E-state index in [2.05, 4.69) is 38.6 Å². The van der Waals surface area contributed by atoms with Gasteiger partial charge in [-0.25, -0.2) is 14.1 Å². The summed E-state index contributed by atoms with van der Waals surface area (Å²) in [5, 5.41) is 12.3. The average Bonchev–Trinajstić information content (AvgIpc) is 3.21. The molecule has 1 aliphatic heterocycles. The summed E-state index contributed by atoms with van der Waals surface area (Å²) in [7, 11) is -18.0. The zero-order chi connectivity index (χ0) is 25.9. The van der Waals surface area contributed by atoms with Crippen LogP contribution < -0.4 is 36.8 Å². The molecule has 3 heterocycles. The second-order valence-electron chi connectivity index (χ2n) is 6.03. The molecule has 0 spiro atoms. The molecule has 5 atom stereocenters. The van der Waals surface area contributed by atoms with E-state index in [0.717, 1.165) is 6.33 Å². The lowest BCUT2D eigenvalue weighted by Gasteiger charge is -2.37. The van der Waals surface area contributed by atoms with Gasteiger partial charge in [0.25, 0.3) is 21.7 Å². The summed E-state index contributed by atoms with van der Waals surface area (Å²) in [5.41, 5.74) is 9.86. The van der Waals surface area contributed by atoms with Gasteiger partial charge in [0.1, 0.15) is 12.3 Å². The van der Waals surface area contributed by atoms with Crippen molar-refractivity contribution in [1.29, 1.82) is 5.53 Å². The third-order valence-electron chi connectivity index (χ3n) is 3.69. The number of phosphoric acid groups is 3.